The average Bonchev–Trinajstić information content (AvgIpc) is 3.59. The van der Waals surface area contributed by atoms with Crippen LogP contribution in [0.25, 0.3) is 0 Å². The second kappa shape index (κ2) is 77.5. The SMILES string of the molecule is CCCCCC/C=C\C/C=C\CCCCCCCCCC(=O)OCCCCCCCCCCCCCC/C=C\CCCCCCCCCCCCCCCCC(=O)NC(CO)C(O)CCCCCCCCCCCCCCCCCCCCCCCCC. The van der Waals surface area contributed by atoms with Gasteiger partial charge in [-0.1, -0.05) is 391 Å². The van der Waals surface area contributed by atoms with Gasteiger partial charge in [0.2, 0.25) is 5.91 Å². The number of ether oxygens (including phenoxy) is 1. The third-order valence-electron chi connectivity index (χ3n) is 18.9. The fourth-order valence-corrected chi connectivity index (χ4v) is 12.8. The van der Waals surface area contributed by atoms with Gasteiger partial charge in [0, 0.05) is 12.8 Å². The minimum absolute atomic E-state index is 0.0107. The van der Waals surface area contributed by atoms with Gasteiger partial charge in [-0.15, -0.1) is 0 Å². The number of carbonyl (C=O) groups is 2. The molecule has 0 aliphatic heterocycles. The van der Waals surface area contributed by atoms with E-state index in [1.54, 1.807) is 0 Å². The number of unbranched alkanes of at least 4 members (excludes halogenated alkanes) is 59. The Labute approximate surface area is 551 Å². The van der Waals surface area contributed by atoms with Crippen molar-refractivity contribution in [2.24, 2.45) is 0 Å². The highest BCUT2D eigenvalue weighted by molar-refractivity contribution is 5.76. The van der Waals surface area contributed by atoms with E-state index >= 15 is 0 Å². The molecule has 1 amide bonds. The van der Waals surface area contributed by atoms with Crippen molar-refractivity contribution in [2.75, 3.05) is 13.2 Å². The lowest BCUT2D eigenvalue weighted by atomic mass is 10.0. The molecule has 0 aliphatic rings. The monoisotopic (exact) mass is 1240 g/mol. The van der Waals surface area contributed by atoms with Crippen LogP contribution in [0.2, 0.25) is 0 Å². The van der Waals surface area contributed by atoms with Crippen LogP contribution in [-0.2, 0) is 14.3 Å². The molecule has 0 radical (unpaired) electrons. The van der Waals surface area contributed by atoms with Crippen LogP contribution in [0, 0.1) is 0 Å². The van der Waals surface area contributed by atoms with Gasteiger partial charge in [-0.3, -0.25) is 9.59 Å². The normalized spacial score (nSPS) is 12.6. The van der Waals surface area contributed by atoms with Crippen LogP contribution in [0.3, 0.4) is 0 Å². The summed E-state index contributed by atoms with van der Waals surface area (Å²) in [5, 5.41) is 23.5. The summed E-state index contributed by atoms with van der Waals surface area (Å²) in [6, 6.07) is -0.542. The highest BCUT2D eigenvalue weighted by Crippen LogP contribution is 2.20. The van der Waals surface area contributed by atoms with Crippen molar-refractivity contribution < 1.29 is 24.5 Å². The minimum atomic E-state index is -0.665. The smallest absolute Gasteiger partial charge is 0.305 e. The van der Waals surface area contributed by atoms with Crippen LogP contribution in [0.1, 0.15) is 450 Å². The molecular weight excluding hydrogens is 1080 g/mol. The Kier molecular flexibility index (Phi) is 75.8. The lowest BCUT2D eigenvalue weighted by molar-refractivity contribution is -0.143. The fraction of sp³-hybridized carbons (Fsp3) is 0.902. The molecule has 0 saturated carbocycles. The van der Waals surface area contributed by atoms with E-state index in [9.17, 15) is 19.8 Å². The van der Waals surface area contributed by atoms with Crippen LogP contribution in [0.5, 0.6) is 0 Å². The Morgan fingerprint density at radius 1 is 0.318 bits per heavy atom. The number of hydrogen-bond acceptors (Lipinski definition) is 5. The van der Waals surface area contributed by atoms with E-state index in [4.69, 9.17) is 4.74 Å². The molecule has 0 aromatic carbocycles. The van der Waals surface area contributed by atoms with E-state index in [-0.39, 0.29) is 18.5 Å². The highest BCUT2D eigenvalue weighted by Gasteiger charge is 2.20. The van der Waals surface area contributed by atoms with Crippen LogP contribution in [0.15, 0.2) is 36.5 Å². The number of amides is 1. The molecule has 0 fully saturated rings. The first-order chi connectivity index (χ1) is 43.5. The Morgan fingerprint density at radius 3 is 0.886 bits per heavy atom. The van der Waals surface area contributed by atoms with Crippen LogP contribution in [0.4, 0.5) is 0 Å². The van der Waals surface area contributed by atoms with Crippen molar-refractivity contribution in [2.45, 2.75) is 463 Å². The zero-order valence-electron chi connectivity index (χ0n) is 59.7. The third-order valence-corrected chi connectivity index (χ3v) is 18.9. The minimum Gasteiger partial charge on any atom is -0.466 e. The number of carbonyl (C=O) groups excluding carboxylic acids is 2. The van der Waals surface area contributed by atoms with Crippen molar-refractivity contribution in [3.05, 3.63) is 36.5 Å². The van der Waals surface area contributed by atoms with E-state index in [2.05, 4.69) is 55.6 Å². The first kappa shape index (κ1) is 86.1. The second-order valence-electron chi connectivity index (χ2n) is 27.7. The van der Waals surface area contributed by atoms with Crippen molar-refractivity contribution >= 4 is 11.9 Å². The Hall–Kier alpha value is -1.92. The first-order valence-electron chi connectivity index (χ1n) is 40.2. The Bertz CT molecular complexity index is 1430. The first-order valence-corrected chi connectivity index (χ1v) is 40.2. The van der Waals surface area contributed by atoms with E-state index in [0.29, 0.717) is 25.9 Å². The maximum atomic E-state index is 12.6. The summed E-state index contributed by atoms with van der Waals surface area (Å²) in [4.78, 5) is 24.7. The van der Waals surface area contributed by atoms with Crippen LogP contribution >= 0.6 is 0 Å². The molecule has 6 nitrogen and oxygen atoms in total. The molecule has 2 atom stereocenters. The van der Waals surface area contributed by atoms with Gasteiger partial charge >= 0.3 is 5.97 Å². The van der Waals surface area contributed by atoms with E-state index in [0.717, 1.165) is 51.4 Å². The summed E-state index contributed by atoms with van der Waals surface area (Å²) >= 11 is 0. The summed E-state index contributed by atoms with van der Waals surface area (Å²) in [5.74, 6) is -0.0176. The summed E-state index contributed by atoms with van der Waals surface area (Å²) in [7, 11) is 0. The van der Waals surface area contributed by atoms with Gasteiger partial charge in [0.1, 0.15) is 0 Å². The van der Waals surface area contributed by atoms with Gasteiger partial charge in [-0.2, -0.15) is 0 Å². The van der Waals surface area contributed by atoms with Gasteiger partial charge in [0.15, 0.2) is 0 Å². The zero-order chi connectivity index (χ0) is 63.5. The number of esters is 1. The molecule has 0 heterocycles. The van der Waals surface area contributed by atoms with Gasteiger partial charge in [-0.25, -0.2) is 0 Å². The molecular formula is C82H157NO5. The van der Waals surface area contributed by atoms with Gasteiger partial charge in [0.05, 0.1) is 25.4 Å². The molecule has 6 heteroatoms. The Balaban J connectivity index is 3.37. The maximum absolute atomic E-state index is 12.6. The number of rotatable bonds is 76. The lowest BCUT2D eigenvalue weighted by Gasteiger charge is -2.22. The molecule has 2 unspecified atom stereocenters. The van der Waals surface area contributed by atoms with Crippen molar-refractivity contribution in [1.29, 1.82) is 0 Å². The largest absolute Gasteiger partial charge is 0.466 e. The van der Waals surface area contributed by atoms with Crippen molar-refractivity contribution in [3.8, 4) is 0 Å². The summed E-state index contributed by atoms with van der Waals surface area (Å²) in [6.07, 6.45) is 101. The van der Waals surface area contributed by atoms with Crippen molar-refractivity contribution in [1.82, 2.24) is 5.32 Å². The molecule has 0 spiro atoms. The number of aliphatic hydroxyl groups excluding tert-OH is 2. The van der Waals surface area contributed by atoms with Crippen LogP contribution < -0.4 is 5.32 Å². The predicted molar refractivity (Wildman–Crippen MR) is 389 cm³/mol. The molecule has 0 aromatic rings. The summed E-state index contributed by atoms with van der Waals surface area (Å²) in [5.41, 5.74) is 0. The number of aliphatic hydroxyl groups is 2. The molecule has 0 saturated heterocycles. The maximum Gasteiger partial charge on any atom is 0.305 e. The molecule has 520 valence electrons. The standard InChI is InChI=1S/C82H157NO5/c1-3-5-7-9-11-13-15-17-19-21-23-24-33-36-39-42-46-50-54-58-62-66-70-74-80(85)79(78-84)83-81(86)75-71-67-63-59-55-51-47-43-40-37-34-31-29-27-25-26-28-30-32-35-38-41-45-49-53-57-61-65-69-73-77-88-82(87)76-72-68-64-60-56-52-48-44-22-20-18-16-14-12-10-8-6-4-2/h14,16,20,22,26,28,79-80,84-85H,3-13,15,17-19,21,23-25,27,29-78H2,1-2H3,(H,83,86)/b16-14-,22-20-,28-26-. The van der Waals surface area contributed by atoms with Crippen molar-refractivity contribution in [3.63, 3.8) is 0 Å². The van der Waals surface area contributed by atoms with E-state index < -0.39 is 12.1 Å². The van der Waals surface area contributed by atoms with Gasteiger partial charge in [-0.05, 0) is 83.5 Å². The lowest BCUT2D eigenvalue weighted by Crippen LogP contribution is -2.45. The van der Waals surface area contributed by atoms with E-state index in [1.165, 1.54) is 366 Å². The number of allylic oxidation sites excluding steroid dienone is 6. The van der Waals surface area contributed by atoms with Gasteiger partial charge in [0.25, 0.3) is 0 Å². The number of nitrogens with one attached hydrogen (secondary N) is 1. The quantitative estimate of drug-likeness (QED) is 0.0320. The summed E-state index contributed by atoms with van der Waals surface area (Å²) in [6.45, 7) is 4.98. The average molecular weight is 1240 g/mol. The van der Waals surface area contributed by atoms with E-state index in [1.807, 2.05) is 0 Å². The number of hydrogen-bond donors (Lipinski definition) is 3. The topological polar surface area (TPSA) is 95.9 Å². The Morgan fingerprint density at radius 2 is 0.568 bits per heavy atom. The highest BCUT2D eigenvalue weighted by atomic mass is 16.5. The molecule has 0 aliphatic carbocycles. The second-order valence-corrected chi connectivity index (χ2v) is 27.7. The fourth-order valence-electron chi connectivity index (χ4n) is 12.8. The molecule has 88 heavy (non-hydrogen) atoms. The molecule has 0 aromatic heterocycles. The van der Waals surface area contributed by atoms with Crippen LogP contribution in [-0.4, -0.2) is 47.4 Å². The molecule has 0 rings (SSSR count). The zero-order valence-corrected chi connectivity index (χ0v) is 59.7. The molecule has 3 N–H and O–H groups in total. The molecule has 0 bridgehead atoms. The third kappa shape index (κ3) is 73.1. The predicted octanol–water partition coefficient (Wildman–Crippen LogP) is 26.6. The summed E-state index contributed by atoms with van der Waals surface area (Å²) < 4.78 is 5.51. The van der Waals surface area contributed by atoms with Gasteiger partial charge < -0.3 is 20.3 Å².